The first-order valence-electron chi connectivity index (χ1n) is 6.88. The highest BCUT2D eigenvalue weighted by Crippen LogP contribution is 2.62. The van der Waals surface area contributed by atoms with E-state index in [9.17, 15) is 4.79 Å². The summed E-state index contributed by atoms with van der Waals surface area (Å²) in [6, 6.07) is 0. The molecule has 2 heteroatoms. The topological polar surface area (TPSA) is 26.3 Å². The van der Waals surface area contributed by atoms with Gasteiger partial charge in [-0.05, 0) is 42.6 Å². The Balaban J connectivity index is 1.89. The second-order valence-electron chi connectivity index (χ2n) is 5.90. The number of rotatable bonds is 2. The molecule has 2 atom stereocenters. The van der Waals surface area contributed by atoms with E-state index in [0.717, 1.165) is 6.42 Å². The molecule has 1 saturated carbocycles. The normalized spacial score (nSPS) is 32.9. The molecule has 0 amide bonds. The molecule has 0 aromatic carbocycles. The fraction of sp³-hybridized carbons (Fsp3) is 0.353. The van der Waals surface area contributed by atoms with Crippen LogP contribution in [0.5, 0.6) is 0 Å². The Morgan fingerprint density at radius 2 is 2.32 bits per heavy atom. The van der Waals surface area contributed by atoms with Crippen LogP contribution in [0.1, 0.15) is 20.3 Å². The van der Waals surface area contributed by atoms with Crippen LogP contribution in [0.15, 0.2) is 58.7 Å². The molecule has 0 radical (unpaired) electrons. The van der Waals surface area contributed by atoms with E-state index in [-0.39, 0.29) is 12.1 Å². The Morgan fingerprint density at radius 1 is 1.47 bits per heavy atom. The zero-order chi connectivity index (χ0) is 13.2. The third-order valence-corrected chi connectivity index (χ3v) is 4.48. The predicted molar refractivity (Wildman–Crippen MR) is 73.2 cm³/mol. The molecule has 0 spiro atoms. The van der Waals surface area contributed by atoms with E-state index in [4.69, 9.17) is 4.74 Å². The van der Waals surface area contributed by atoms with Crippen molar-refractivity contribution in [2.24, 2.45) is 11.3 Å². The van der Waals surface area contributed by atoms with Crippen molar-refractivity contribution < 1.29 is 9.53 Å². The molecule has 4 bridgehead atoms. The largest absolute Gasteiger partial charge is 0.462 e. The van der Waals surface area contributed by atoms with Gasteiger partial charge in [0, 0.05) is 5.92 Å². The summed E-state index contributed by atoms with van der Waals surface area (Å²) in [5.41, 5.74) is 4.35. The molecule has 4 aliphatic carbocycles. The Bertz CT molecular complexity index is 640. The second kappa shape index (κ2) is 3.38. The fourth-order valence-corrected chi connectivity index (χ4v) is 3.75. The first-order chi connectivity index (χ1) is 9.13. The van der Waals surface area contributed by atoms with Crippen LogP contribution in [0.4, 0.5) is 0 Å². The maximum atomic E-state index is 12.6. The molecule has 0 aromatic rings. The van der Waals surface area contributed by atoms with Crippen molar-refractivity contribution in [3.05, 3.63) is 58.7 Å². The standard InChI is InChI=1S/C17H16O2/c1-10(2)19-16(18)17-7-6-12-9-15(17)13-5-3-4-11(13)8-14(12)17/h3-8,10,12H,9H2,1-2H3. The van der Waals surface area contributed by atoms with Crippen molar-refractivity contribution in [3.8, 4) is 0 Å². The van der Waals surface area contributed by atoms with Crippen LogP contribution in [0.25, 0.3) is 0 Å². The van der Waals surface area contributed by atoms with E-state index in [2.05, 4.69) is 36.5 Å². The minimum atomic E-state index is -0.587. The van der Waals surface area contributed by atoms with Gasteiger partial charge in [0.15, 0.2) is 0 Å². The molecule has 19 heavy (non-hydrogen) atoms. The monoisotopic (exact) mass is 252 g/mol. The number of esters is 1. The smallest absolute Gasteiger partial charge is 0.324 e. The molecule has 4 rings (SSSR count). The summed E-state index contributed by atoms with van der Waals surface area (Å²) in [6.07, 6.45) is 13.6. The van der Waals surface area contributed by atoms with Crippen LogP contribution < -0.4 is 0 Å². The van der Waals surface area contributed by atoms with Crippen LogP contribution in [0, 0.1) is 11.3 Å². The van der Waals surface area contributed by atoms with E-state index in [1.807, 2.05) is 13.8 Å². The van der Waals surface area contributed by atoms with E-state index in [0.29, 0.717) is 5.92 Å². The number of allylic oxidation sites excluding steroid dienone is 7. The van der Waals surface area contributed by atoms with Crippen molar-refractivity contribution >= 4 is 5.97 Å². The van der Waals surface area contributed by atoms with E-state index < -0.39 is 5.41 Å². The maximum Gasteiger partial charge on any atom is 0.324 e. The predicted octanol–water partition coefficient (Wildman–Crippen LogP) is 3.25. The first-order valence-corrected chi connectivity index (χ1v) is 6.88. The highest BCUT2D eigenvalue weighted by molar-refractivity contribution is 5.93. The van der Waals surface area contributed by atoms with Crippen molar-refractivity contribution in [2.45, 2.75) is 26.4 Å². The van der Waals surface area contributed by atoms with Gasteiger partial charge in [-0.1, -0.05) is 36.5 Å². The number of carbonyl (C=O) groups is 1. The number of hydrogen-bond acceptors (Lipinski definition) is 2. The molecule has 0 aromatic heterocycles. The van der Waals surface area contributed by atoms with Gasteiger partial charge in [0.05, 0.1) is 6.10 Å². The SMILES string of the molecule is CC(C)OC(=O)C12C=CC3CC1=C1C=CC=C1C=C32. The summed E-state index contributed by atoms with van der Waals surface area (Å²) in [4.78, 5) is 12.6. The Kier molecular flexibility index (Phi) is 1.96. The third kappa shape index (κ3) is 1.19. The number of hydrogen-bond donors (Lipinski definition) is 0. The second-order valence-corrected chi connectivity index (χ2v) is 5.90. The molecule has 2 unspecified atom stereocenters. The molecule has 0 heterocycles. The minimum absolute atomic E-state index is 0.0732. The van der Waals surface area contributed by atoms with Gasteiger partial charge in [-0.2, -0.15) is 0 Å². The molecule has 0 N–H and O–H groups in total. The van der Waals surface area contributed by atoms with Crippen molar-refractivity contribution in [1.29, 1.82) is 0 Å². The van der Waals surface area contributed by atoms with Crippen molar-refractivity contribution in [1.82, 2.24) is 0 Å². The van der Waals surface area contributed by atoms with Crippen molar-refractivity contribution in [2.75, 3.05) is 0 Å². The molecule has 0 aliphatic heterocycles. The van der Waals surface area contributed by atoms with E-state index in [1.165, 1.54) is 22.3 Å². The van der Waals surface area contributed by atoms with Crippen molar-refractivity contribution in [3.63, 3.8) is 0 Å². The zero-order valence-electron chi connectivity index (χ0n) is 11.1. The summed E-state index contributed by atoms with van der Waals surface area (Å²) in [5, 5.41) is 0. The fourth-order valence-electron chi connectivity index (χ4n) is 3.75. The molecule has 0 saturated heterocycles. The molecule has 96 valence electrons. The number of carbonyl (C=O) groups excluding carboxylic acids is 1. The van der Waals surface area contributed by atoms with Crippen LogP contribution in [-0.2, 0) is 9.53 Å². The summed E-state index contributed by atoms with van der Waals surface area (Å²) < 4.78 is 5.53. The van der Waals surface area contributed by atoms with Gasteiger partial charge in [0.25, 0.3) is 0 Å². The first kappa shape index (κ1) is 11.0. The molecule has 2 nitrogen and oxygen atoms in total. The quantitative estimate of drug-likeness (QED) is 0.557. The third-order valence-electron chi connectivity index (χ3n) is 4.48. The molecular formula is C17H16O2. The lowest BCUT2D eigenvalue weighted by atomic mass is 9.73. The average Bonchev–Trinajstić information content (AvgIpc) is 3.01. The summed E-state index contributed by atoms with van der Waals surface area (Å²) >= 11 is 0. The van der Waals surface area contributed by atoms with Crippen LogP contribution in [0.3, 0.4) is 0 Å². The minimum Gasteiger partial charge on any atom is -0.462 e. The lowest BCUT2D eigenvalue weighted by Crippen LogP contribution is -2.34. The van der Waals surface area contributed by atoms with Gasteiger partial charge in [0.2, 0.25) is 0 Å². The van der Waals surface area contributed by atoms with Crippen LogP contribution in [0.2, 0.25) is 0 Å². The van der Waals surface area contributed by atoms with Crippen LogP contribution >= 0.6 is 0 Å². The lowest BCUT2D eigenvalue weighted by molar-refractivity contribution is -0.152. The van der Waals surface area contributed by atoms with Gasteiger partial charge in [-0.15, -0.1) is 0 Å². The van der Waals surface area contributed by atoms with Gasteiger partial charge >= 0.3 is 5.97 Å². The highest BCUT2D eigenvalue weighted by atomic mass is 16.5. The van der Waals surface area contributed by atoms with E-state index in [1.54, 1.807) is 0 Å². The maximum absolute atomic E-state index is 12.6. The average molecular weight is 252 g/mol. The van der Waals surface area contributed by atoms with Gasteiger partial charge < -0.3 is 4.74 Å². The van der Waals surface area contributed by atoms with Gasteiger partial charge in [-0.3, -0.25) is 4.79 Å². The van der Waals surface area contributed by atoms with Crippen LogP contribution in [-0.4, -0.2) is 12.1 Å². The van der Waals surface area contributed by atoms with Gasteiger partial charge in [-0.25, -0.2) is 0 Å². The lowest BCUT2D eigenvalue weighted by Gasteiger charge is -2.31. The summed E-state index contributed by atoms with van der Waals surface area (Å²) in [6.45, 7) is 3.81. The molecular weight excluding hydrogens is 236 g/mol. The Morgan fingerprint density at radius 3 is 3.11 bits per heavy atom. The Hall–Kier alpha value is -1.83. The Labute approximate surface area is 112 Å². The zero-order valence-corrected chi connectivity index (χ0v) is 11.1. The molecule has 1 fully saturated rings. The van der Waals surface area contributed by atoms with E-state index >= 15 is 0 Å². The summed E-state index contributed by atoms with van der Waals surface area (Å²) in [5.74, 6) is 0.286. The summed E-state index contributed by atoms with van der Waals surface area (Å²) in [7, 11) is 0. The number of fused-ring (bicyclic) bond motifs is 1. The number of ether oxygens (including phenoxy) is 1. The molecule has 4 aliphatic rings. The van der Waals surface area contributed by atoms with Gasteiger partial charge in [0.1, 0.15) is 5.41 Å². The highest BCUT2D eigenvalue weighted by Gasteiger charge is 2.58.